The van der Waals surface area contributed by atoms with E-state index in [1.54, 1.807) is 38.1 Å². The highest BCUT2D eigenvalue weighted by atomic mass is 32.2. The molecule has 0 radical (unpaired) electrons. The van der Waals surface area contributed by atoms with Crippen molar-refractivity contribution >= 4 is 38.9 Å². The van der Waals surface area contributed by atoms with Crippen LogP contribution < -0.4 is 19.7 Å². The minimum absolute atomic E-state index is 0.187. The average Bonchev–Trinajstić information content (AvgIpc) is 3.16. The first-order valence-corrected chi connectivity index (χ1v) is 12.4. The second-order valence-electron chi connectivity index (χ2n) is 8.54. The predicted molar refractivity (Wildman–Crippen MR) is 129 cm³/mol. The molecule has 0 aromatic heterocycles. The highest BCUT2D eigenvalue weighted by Gasteiger charge is 2.36. The Morgan fingerprint density at radius 3 is 2.69 bits per heavy atom. The van der Waals surface area contributed by atoms with Crippen molar-refractivity contribution < 1.29 is 27.1 Å². The van der Waals surface area contributed by atoms with Crippen LogP contribution in [0.25, 0.3) is 0 Å². The van der Waals surface area contributed by atoms with Crippen molar-refractivity contribution in [3.05, 3.63) is 77.6 Å². The molecule has 2 amide bonds. The van der Waals surface area contributed by atoms with E-state index in [-0.39, 0.29) is 22.5 Å². The lowest BCUT2D eigenvalue weighted by Gasteiger charge is -2.25. The lowest BCUT2D eigenvalue weighted by Crippen LogP contribution is -2.35. The molecule has 3 aromatic carbocycles. The van der Waals surface area contributed by atoms with E-state index in [1.165, 1.54) is 10.4 Å². The van der Waals surface area contributed by atoms with Gasteiger partial charge in [0.25, 0.3) is 21.8 Å². The molecule has 2 aliphatic rings. The van der Waals surface area contributed by atoms with Gasteiger partial charge < -0.3 is 15.4 Å². The quantitative estimate of drug-likeness (QED) is 0.571. The summed E-state index contributed by atoms with van der Waals surface area (Å²) in [4.78, 5) is 24.6. The molecule has 10 heteroatoms. The number of carbonyl (C=O) groups excluding carboxylic acids is 2. The molecule has 2 N–H and O–H groups in total. The summed E-state index contributed by atoms with van der Waals surface area (Å²) in [7, 11) is -4.05. The van der Waals surface area contributed by atoms with E-state index in [9.17, 15) is 22.4 Å². The summed E-state index contributed by atoms with van der Waals surface area (Å²) >= 11 is 0. The average molecular weight is 496 g/mol. The molecule has 2 heterocycles. The second kappa shape index (κ2) is 8.38. The number of para-hydroxylation sites is 1. The largest absolute Gasteiger partial charge is 0.479 e. The molecule has 8 nitrogen and oxygen atoms in total. The normalized spacial score (nSPS) is 18.8. The maximum Gasteiger partial charge on any atom is 0.265 e. The molecule has 3 aromatic rings. The fourth-order valence-corrected chi connectivity index (χ4v) is 6.06. The summed E-state index contributed by atoms with van der Waals surface area (Å²) in [5.41, 5.74) is 1.70. The van der Waals surface area contributed by atoms with Crippen LogP contribution in [-0.4, -0.2) is 32.4 Å². The van der Waals surface area contributed by atoms with Gasteiger partial charge in [0.1, 0.15) is 11.6 Å². The molecule has 2 unspecified atom stereocenters. The summed E-state index contributed by atoms with van der Waals surface area (Å²) in [5.74, 6) is -1.58. The number of anilines is 3. The van der Waals surface area contributed by atoms with E-state index < -0.39 is 33.4 Å². The Morgan fingerprint density at radius 2 is 1.89 bits per heavy atom. The van der Waals surface area contributed by atoms with Crippen LogP contribution in [0, 0.1) is 5.82 Å². The van der Waals surface area contributed by atoms with Gasteiger partial charge in [-0.15, -0.1) is 0 Å². The highest BCUT2D eigenvalue weighted by Crippen LogP contribution is 2.37. The van der Waals surface area contributed by atoms with Gasteiger partial charge in [-0.2, -0.15) is 0 Å². The van der Waals surface area contributed by atoms with E-state index in [2.05, 4.69) is 10.6 Å². The van der Waals surface area contributed by atoms with E-state index in [0.29, 0.717) is 23.5 Å². The molecule has 0 bridgehead atoms. The number of nitrogens with one attached hydrogen (secondary N) is 2. The SMILES string of the molecule is CC1Oc2ccc(NC(=O)c3cc(S(=O)(=O)N4c5ccccc5CC4C)ccc3F)cc2NC1=O. The Hall–Kier alpha value is -3.92. The van der Waals surface area contributed by atoms with Gasteiger partial charge in [0.2, 0.25) is 0 Å². The number of ether oxygens (including phenoxy) is 1. The zero-order chi connectivity index (χ0) is 24.9. The number of hydrogen-bond acceptors (Lipinski definition) is 5. The topological polar surface area (TPSA) is 105 Å². The zero-order valence-corrected chi connectivity index (χ0v) is 19.7. The third-order valence-corrected chi connectivity index (χ3v) is 7.98. The molecule has 2 aliphatic heterocycles. The standard InChI is InChI=1S/C25H22FN3O5S/c1-14-11-16-5-3-4-6-22(16)29(14)35(32,33)18-8-9-20(26)19(13-18)25(31)27-17-7-10-23-21(12-17)28-24(30)15(2)34-23/h3-10,12-15H,11H2,1-2H3,(H,27,31)(H,28,30). The summed E-state index contributed by atoms with van der Waals surface area (Å²) < 4.78 is 48.4. The summed E-state index contributed by atoms with van der Waals surface area (Å²) in [6, 6.07) is 14.7. The molecule has 0 spiro atoms. The van der Waals surface area contributed by atoms with Gasteiger partial charge >= 0.3 is 0 Å². The Labute approximate surface area is 201 Å². The Balaban J connectivity index is 1.44. The van der Waals surface area contributed by atoms with Gasteiger partial charge in [-0.25, -0.2) is 12.8 Å². The van der Waals surface area contributed by atoms with Crippen LogP contribution in [0.1, 0.15) is 29.8 Å². The molecule has 0 fully saturated rings. The lowest BCUT2D eigenvalue weighted by molar-refractivity contribution is -0.122. The van der Waals surface area contributed by atoms with E-state index in [1.807, 2.05) is 12.1 Å². The van der Waals surface area contributed by atoms with Gasteiger partial charge in [0, 0.05) is 11.7 Å². The molecular formula is C25H22FN3O5S. The molecule has 0 aliphatic carbocycles. The van der Waals surface area contributed by atoms with Crippen LogP contribution >= 0.6 is 0 Å². The molecule has 5 rings (SSSR count). The Kier molecular flexibility index (Phi) is 5.47. The van der Waals surface area contributed by atoms with E-state index in [0.717, 1.165) is 23.8 Å². The van der Waals surface area contributed by atoms with E-state index in [4.69, 9.17) is 4.74 Å². The molecule has 35 heavy (non-hydrogen) atoms. The first-order chi connectivity index (χ1) is 16.6. The van der Waals surface area contributed by atoms with Crippen LogP contribution in [0.15, 0.2) is 65.6 Å². The van der Waals surface area contributed by atoms with Crippen molar-refractivity contribution in [1.82, 2.24) is 0 Å². The van der Waals surface area contributed by atoms with Gasteiger partial charge in [0.15, 0.2) is 6.10 Å². The van der Waals surface area contributed by atoms with Crippen molar-refractivity contribution in [2.24, 2.45) is 0 Å². The zero-order valence-electron chi connectivity index (χ0n) is 18.9. The number of nitrogens with zero attached hydrogens (tertiary/aromatic N) is 1. The van der Waals surface area contributed by atoms with Crippen LogP contribution in [0.2, 0.25) is 0 Å². The van der Waals surface area contributed by atoms with E-state index >= 15 is 0 Å². The van der Waals surface area contributed by atoms with Crippen LogP contribution in [-0.2, 0) is 21.2 Å². The number of halogens is 1. The van der Waals surface area contributed by atoms with Crippen LogP contribution in [0.3, 0.4) is 0 Å². The maximum atomic E-state index is 14.6. The third-order valence-electron chi connectivity index (χ3n) is 6.05. The van der Waals surface area contributed by atoms with Gasteiger partial charge in [0.05, 0.1) is 21.8 Å². The third kappa shape index (κ3) is 3.99. The first kappa shape index (κ1) is 22.9. The molecule has 0 saturated carbocycles. The summed E-state index contributed by atoms with van der Waals surface area (Å²) in [5, 5.41) is 5.23. The monoisotopic (exact) mass is 495 g/mol. The Morgan fingerprint density at radius 1 is 1.11 bits per heavy atom. The van der Waals surface area contributed by atoms with Crippen molar-refractivity contribution in [2.45, 2.75) is 37.3 Å². The first-order valence-electron chi connectivity index (χ1n) is 11.0. The predicted octanol–water partition coefficient (Wildman–Crippen LogP) is 3.94. The summed E-state index contributed by atoms with van der Waals surface area (Å²) in [6.07, 6.45) is -0.0894. The van der Waals surface area contributed by atoms with Crippen molar-refractivity contribution in [3.8, 4) is 5.75 Å². The Bertz CT molecular complexity index is 1470. The summed E-state index contributed by atoms with van der Waals surface area (Å²) in [6.45, 7) is 3.41. The number of carbonyl (C=O) groups is 2. The fourth-order valence-electron chi connectivity index (χ4n) is 4.34. The van der Waals surface area contributed by atoms with Crippen LogP contribution in [0.4, 0.5) is 21.5 Å². The number of amides is 2. The highest BCUT2D eigenvalue weighted by molar-refractivity contribution is 7.92. The van der Waals surface area contributed by atoms with Gasteiger partial charge in [-0.1, -0.05) is 18.2 Å². The number of hydrogen-bond donors (Lipinski definition) is 2. The maximum absolute atomic E-state index is 14.6. The minimum atomic E-state index is -4.05. The van der Waals surface area contributed by atoms with Crippen molar-refractivity contribution in [1.29, 1.82) is 0 Å². The minimum Gasteiger partial charge on any atom is -0.479 e. The molecule has 2 atom stereocenters. The number of rotatable bonds is 4. The molecule has 0 saturated heterocycles. The second-order valence-corrected chi connectivity index (χ2v) is 10.4. The van der Waals surface area contributed by atoms with Gasteiger partial charge in [-0.05, 0) is 68.3 Å². The number of fused-ring (bicyclic) bond motifs is 2. The molecule has 180 valence electrons. The lowest BCUT2D eigenvalue weighted by atomic mass is 10.1. The van der Waals surface area contributed by atoms with Crippen molar-refractivity contribution in [3.63, 3.8) is 0 Å². The smallest absolute Gasteiger partial charge is 0.265 e. The number of sulfonamides is 1. The van der Waals surface area contributed by atoms with Crippen molar-refractivity contribution in [2.75, 3.05) is 14.9 Å². The number of benzene rings is 3. The fraction of sp³-hybridized carbons (Fsp3) is 0.200. The van der Waals surface area contributed by atoms with Crippen LogP contribution in [0.5, 0.6) is 5.75 Å². The van der Waals surface area contributed by atoms with Gasteiger partial charge in [-0.3, -0.25) is 13.9 Å². The molecular weight excluding hydrogens is 473 g/mol.